The first-order chi connectivity index (χ1) is 14.9. The van der Waals surface area contributed by atoms with Gasteiger partial charge in [-0.3, -0.25) is 9.48 Å². The Morgan fingerprint density at radius 2 is 1.77 bits per heavy atom. The van der Waals surface area contributed by atoms with E-state index in [2.05, 4.69) is 25.5 Å². The summed E-state index contributed by atoms with van der Waals surface area (Å²) >= 11 is 0. The summed E-state index contributed by atoms with van der Waals surface area (Å²) in [4.78, 5) is 21.9. The smallest absolute Gasteiger partial charge is 0.251 e. The summed E-state index contributed by atoms with van der Waals surface area (Å²) in [5, 5.41) is 11.9. The molecule has 1 amide bonds. The van der Waals surface area contributed by atoms with Crippen LogP contribution in [0.3, 0.4) is 0 Å². The molecule has 0 bridgehead atoms. The molecule has 3 aromatic heterocycles. The van der Waals surface area contributed by atoms with Gasteiger partial charge in [-0.15, -0.1) is 0 Å². The lowest BCUT2D eigenvalue weighted by molar-refractivity contribution is -0.115. The first kappa shape index (κ1) is 20.5. The van der Waals surface area contributed by atoms with Crippen molar-refractivity contribution in [3.8, 4) is 5.95 Å². The van der Waals surface area contributed by atoms with Crippen LogP contribution in [-0.4, -0.2) is 35.4 Å². The fourth-order valence-electron chi connectivity index (χ4n) is 3.63. The summed E-state index contributed by atoms with van der Waals surface area (Å²) in [6.07, 6.45) is 3.86. The second-order valence-corrected chi connectivity index (χ2v) is 7.60. The molecule has 4 rings (SSSR count). The number of anilines is 1. The quantitative estimate of drug-likeness (QED) is 0.522. The number of aromatic nitrogens is 6. The molecule has 0 aliphatic rings. The van der Waals surface area contributed by atoms with Crippen LogP contribution in [0, 0.1) is 27.7 Å². The molecular weight excluding hydrogens is 390 g/mol. The van der Waals surface area contributed by atoms with Gasteiger partial charge in [-0.1, -0.05) is 18.2 Å². The van der Waals surface area contributed by atoms with Crippen LogP contribution in [0.25, 0.3) is 5.95 Å². The van der Waals surface area contributed by atoms with Crippen molar-refractivity contribution in [2.45, 2.75) is 40.7 Å². The summed E-state index contributed by atoms with van der Waals surface area (Å²) in [7, 11) is 0. The monoisotopic (exact) mass is 415 g/mol. The zero-order valence-corrected chi connectivity index (χ0v) is 18.1. The summed E-state index contributed by atoms with van der Waals surface area (Å²) in [6.45, 7) is 8.29. The predicted octanol–water partition coefficient (Wildman–Crippen LogP) is 3.32. The number of amides is 1. The van der Waals surface area contributed by atoms with E-state index in [4.69, 9.17) is 0 Å². The molecule has 8 heteroatoms. The van der Waals surface area contributed by atoms with Crippen LogP contribution in [0.15, 0.2) is 48.8 Å². The first-order valence-electron chi connectivity index (χ1n) is 10.1. The van der Waals surface area contributed by atoms with Gasteiger partial charge in [0.1, 0.15) is 0 Å². The summed E-state index contributed by atoms with van der Waals surface area (Å²) in [5.74, 6) is 0.425. The van der Waals surface area contributed by atoms with Crippen molar-refractivity contribution in [3.05, 3.63) is 82.7 Å². The highest BCUT2D eigenvalue weighted by atomic mass is 16.1. The third kappa shape index (κ3) is 4.53. The maximum atomic E-state index is 12.9. The maximum Gasteiger partial charge on any atom is 0.251 e. The average Bonchev–Trinajstić information content (AvgIpc) is 3.32. The Labute approximate surface area is 181 Å². The Morgan fingerprint density at radius 1 is 1.03 bits per heavy atom. The van der Waals surface area contributed by atoms with E-state index < -0.39 is 0 Å². The van der Waals surface area contributed by atoms with E-state index >= 15 is 0 Å². The highest BCUT2D eigenvalue weighted by Crippen LogP contribution is 2.20. The Morgan fingerprint density at radius 3 is 2.48 bits per heavy atom. The molecule has 0 fully saturated rings. The zero-order valence-electron chi connectivity index (χ0n) is 18.1. The molecule has 8 nitrogen and oxygen atoms in total. The number of carbonyl (C=O) groups excluding carboxylic acids is 1. The fraction of sp³-hybridized carbons (Fsp3) is 0.261. The van der Waals surface area contributed by atoms with Crippen molar-refractivity contribution in [3.63, 3.8) is 0 Å². The number of carbonyl (C=O) groups is 1. The van der Waals surface area contributed by atoms with Gasteiger partial charge in [-0.25, -0.2) is 14.6 Å². The first-order valence-corrected chi connectivity index (χ1v) is 10.1. The van der Waals surface area contributed by atoms with Gasteiger partial charge in [0, 0.05) is 40.7 Å². The van der Waals surface area contributed by atoms with Crippen LogP contribution in [0.2, 0.25) is 0 Å². The van der Waals surface area contributed by atoms with Crippen LogP contribution in [0.4, 0.5) is 5.69 Å². The minimum Gasteiger partial charge on any atom is -0.325 e. The van der Waals surface area contributed by atoms with E-state index in [1.807, 2.05) is 75.0 Å². The van der Waals surface area contributed by atoms with E-state index in [0.717, 1.165) is 39.6 Å². The molecule has 4 aromatic rings. The third-order valence-corrected chi connectivity index (χ3v) is 5.12. The Bertz CT molecular complexity index is 1200. The second-order valence-electron chi connectivity index (χ2n) is 7.60. The number of benzene rings is 1. The largest absolute Gasteiger partial charge is 0.325 e. The minimum atomic E-state index is -0.0972. The number of nitrogens with one attached hydrogen (secondary N) is 1. The van der Waals surface area contributed by atoms with Crippen molar-refractivity contribution < 1.29 is 4.79 Å². The molecule has 0 radical (unpaired) electrons. The maximum absolute atomic E-state index is 12.9. The lowest BCUT2D eigenvalue weighted by Gasteiger charge is -2.11. The lowest BCUT2D eigenvalue weighted by Crippen LogP contribution is -2.17. The molecule has 0 aliphatic heterocycles. The van der Waals surface area contributed by atoms with Gasteiger partial charge >= 0.3 is 0 Å². The van der Waals surface area contributed by atoms with Crippen molar-refractivity contribution >= 4 is 11.6 Å². The molecule has 0 saturated carbocycles. The van der Waals surface area contributed by atoms with Gasteiger partial charge in [0.2, 0.25) is 5.91 Å². The lowest BCUT2D eigenvalue weighted by atomic mass is 10.1. The van der Waals surface area contributed by atoms with Crippen LogP contribution in [0.5, 0.6) is 0 Å². The molecule has 3 heterocycles. The van der Waals surface area contributed by atoms with Crippen molar-refractivity contribution in [2.75, 3.05) is 5.32 Å². The van der Waals surface area contributed by atoms with Gasteiger partial charge in [-0.05, 0) is 51.5 Å². The molecule has 158 valence electrons. The van der Waals surface area contributed by atoms with Crippen LogP contribution >= 0.6 is 0 Å². The molecule has 1 aromatic carbocycles. The zero-order chi connectivity index (χ0) is 22.0. The Balaban J connectivity index is 1.54. The van der Waals surface area contributed by atoms with Crippen LogP contribution in [-0.2, 0) is 17.8 Å². The molecule has 0 atom stereocenters. The van der Waals surface area contributed by atoms with E-state index in [0.29, 0.717) is 12.5 Å². The number of nitrogens with zero attached hydrogens (tertiary/aromatic N) is 6. The van der Waals surface area contributed by atoms with Crippen molar-refractivity contribution in [2.24, 2.45) is 0 Å². The standard InChI is InChI=1S/C23H25N7O/c1-15-12-16(2)26-23(25-15)30-18(4)20(17(3)28-30)13-22(31)27-21-9-6-5-8-19(21)14-29-11-7-10-24-29/h5-12H,13-14H2,1-4H3,(H,27,31). The van der Waals surface area contributed by atoms with E-state index in [1.54, 1.807) is 10.9 Å². The molecule has 0 unspecified atom stereocenters. The molecule has 0 aliphatic carbocycles. The molecule has 31 heavy (non-hydrogen) atoms. The molecular formula is C23H25N7O. The van der Waals surface area contributed by atoms with Crippen molar-refractivity contribution in [1.82, 2.24) is 29.5 Å². The fourth-order valence-corrected chi connectivity index (χ4v) is 3.63. The van der Waals surface area contributed by atoms with Gasteiger partial charge in [0.25, 0.3) is 5.95 Å². The topological polar surface area (TPSA) is 90.5 Å². The SMILES string of the molecule is Cc1cc(C)nc(-n2nc(C)c(CC(=O)Nc3ccccc3Cn3cccn3)c2C)n1. The number of hydrogen-bond acceptors (Lipinski definition) is 5. The van der Waals surface area contributed by atoms with Crippen LogP contribution < -0.4 is 5.32 Å². The highest BCUT2D eigenvalue weighted by Gasteiger charge is 2.18. The minimum absolute atomic E-state index is 0.0972. The molecule has 0 saturated heterocycles. The average molecular weight is 416 g/mol. The molecule has 0 spiro atoms. The second kappa shape index (κ2) is 8.51. The summed E-state index contributed by atoms with van der Waals surface area (Å²) in [5.41, 5.74) is 6.06. The van der Waals surface area contributed by atoms with Gasteiger partial charge in [-0.2, -0.15) is 10.2 Å². The predicted molar refractivity (Wildman–Crippen MR) is 118 cm³/mol. The van der Waals surface area contributed by atoms with Gasteiger partial charge in [0.05, 0.1) is 18.7 Å². The normalized spacial score (nSPS) is 11.0. The highest BCUT2D eigenvalue weighted by molar-refractivity contribution is 5.93. The summed E-state index contributed by atoms with van der Waals surface area (Å²) in [6, 6.07) is 11.6. The summed E-state index contributed by atoms with van der Waals surface area (Å²) < 4.78 is 3.54. The number of aryl methyl sites for hydroxylation is 3. The number of hydrogen-bond donors (Lipinski definition) is 1. The Hall–Kier alpha value is -3.81. The third-order valence-electron chi connectivity index (χ3n) is 5.12. The number of rotatable bonds is 6. The van der Waals surface area contributed by atoms with E-state index in [-0.39, 0.29) is 12.3 Å². The van der Waals surface area contributed by atoms with E-state index in [9.17, 15) is 4.79 Å². The van der Waals surface area contributed by atoms with Gasteiger partial charge in [0.15, 0.2) is 0 Å². The van der Waals surface area contributed by atoms with Gasteiger partial charge < -0.3 is 5.32 Å². The van der Waals surface area contributed by atoms with Crippen LogP contribution in [0.1, 0.15) is 33.9 Å². The molecule has 1 N–H and O–H groups in total. The Kier molecular flexibility index (Phi) is 5.62. The number of para-hydroxylation sites is 1. The van der Waals surface area contributed by atoms with E-state index in [1.165, 1.54) is 0 Å². The van der Waals surface area contributed by atoms with Crippen molar-refractivity contribution in [1.29, 1.82) is 0 Å².